The van der Waals surface area contributed by atoms with Gasteiger partial charge in [-0.2, -0.15) is 0 Å². The molecule has 10 heteroatoms. The first kappa shape index (κ1) is 34.8. The van der Waals surface area contributed by atoms with Crippen molar-refractivity contribution >= 4 is 35.2 Å². The van der Waals surface area contributed by atoms with Gasteiger partial charge < -0.3 is 30.0 Å². The molecule has 48 heavy (non-hydrogen) atoms. The Labute approximate surface area is 285 Å². The summed E-state index contributed by atoms with van der Waals surface area (Å²) in [7, 11) is 0. The van der Waals surface area contributed by atoms with Gasteiger partial charge in [-0.1, -0.05) is 72.8 Å². The minimum atomic E-state index is -0.876. The van der Waals surface area contributed by atoms with E-state index >= 15 is 0 Å². The van der Waals surface area contributed by atoms with Crippen molar-refractivity contribution in [2.75, 3.05) is 11.1 Å². The molecule has 4 aromatic rings. The van der Waals surface area contributed by atoms with Crippen LogP contribution in [0.4, 0.5) is 5.69 Å². The summed E-state index contributed by atoms with van der Waals surface area (Å²) in [6, 6.07) is 31.4. The molecule has 0 saturated carbocycles. The summed E-state index contributed by atoms with van der Waals surface area (Å²) in [5, 5.41) is 15.2. The fourth-order valence-corrected chi connectivity index (χ4v) is 6.38. The third kappa shape index (κ3) is 9.54. The van der Waals surface area contributed by atoms with Crippen LogP contribution in [0.1, 0.15) is 61.8 Å². The van der Waals surface area contributed by atoms with Crippen LogP contribution >= 0.6 is 11.8 Å². The Bertz CT molecular complexity index is 1690. The predicted molar refractivity (Wildman–Crippen MR) is 185 cm³/mol. The van der Waals surface area contributed by atoms with E-state index in [0.29, 0.717) is 12.2 Å². The summed E-state index contributed by atoms with van der Waals surface area (Å²) in [5.74, 6) is -0.270. The second kappa shape index (κ2) is 16.6. The highest BCUT2D eigenvalue weighted by atomic mass is 32.2. The molecule has 4 atom stereocenters. The SMILES string of the molecule is CC(=O)Nc1ccc(SCC2CC(c3ccc(CO)cc3)OC(c3ccc(-c4ccccc4CNC(=O)C(C)OC(C)=O)cc3)O2)cc1. The zero-order valence-corrected chi connectivity index (χ0v) is 28.0. The molecule has 1 aliphatic rings. The van der Waals surface area contributed by atoms with E-state index in [-0.39, 0.29) is 37.2 Å². The highest BCUT2D eigenvalue weighted by molar-refractivity contribution is 7.99. The first-order valence-corrected chi connectivity index (χ1v) is 16.8. The monoisotopic (exact) mass is 668 g/mol. The molecule has 0 spiro atoms. The lowest BCUT2D eigenvalue weighted by Crippen LogP contribution is -2.35. The molecule has 0 radical (unpaired) electrons. The Morgan fingerprint density at radius 1 is 0.896 bits per heavy atom. The molecule has 0 aliphatic carbocycles. The van der Waals surface area contributed by atoms with Gasteiger partial charge >= 0.3 is 5.97 Å². The Balaban J connectivity index is 1.30. The first-order valence-electron chi connectivity index (χ1n) is 15.8. The Hall–Kier alpha value is -4.48. The second-order valence-corrected chi connectivity index (χ2v) is 12.7. The van der Waals surface area contributed by atoms with Gasteiger partial charge in [0.1, 0.15) is 0 Å². The van der Waals surface area contributed by atoms with Crippen LogP contribution in [0.2, 0.25) is 0 Å². The maximum Gasteiger partial charge on any atom is 0.303 e. The third-order valence-electron chi connectivity index (χ3n) is 7.90. The summed E-state index contributed by atoms with van der Waals surface area (Å²) < 4.78 is 18.1. The summed E-state index contributed by atoms with van der Waals surface area (Å²) in [6.45, 7) is 4.57. The molecule has 1 fully saturated rings. The van der Waals surface area contributed by atoms with Gasteiger partial charge in [0.15, 0.2) is 12.4 Å². The third-order valence-corrected chi connectivity index (χ3v) is 9.05. The number of carbonyl (C=O) groups excluding carboxylic acids is 3. The molecule has 2 amide bonds. The van der Waals surface area contributed by atoms with Gasteiger partial charge in [-0.15, -0.1) is 11.8 Å². The number of anilines is 1. The minimum absolute atomic E-state index is 0.0210. The Kier molecular flexibility index (Phi) is 12.0. The van der Waals surface area contributed by atoms with E-state index in [0.717, 1.165) is 44.0 Å². The highest BCUT2D eigenvalue weighted by Gasteiger charge is 2.32. The standard InChI is InChI=1S/C38H40N2O7S/c1-24(45-26(3)43)37(44)39-21-31-6-4-5-7-35(31)28-12-14-30(15-13-28)38-46-33(20-36(47-38)29-10-8-27(22-41)9-11-29)23-48-34-18-16-32(17-19-34)40-25(2)42/h4-19,24,33,36,38,41H,20-23H2,1-3H3,(H,39,44)(H,40,42). The number of ether oxygens (including phenoxy) is 3. The van der Waals surface area contributed by atoms with Gasteiger partial charge in [-0.25, -0.2) is 0 Å². The number of rotatable bonds is 12. The van der Waals surface area contributed by atoms with Crippen molar-refractivity contribution in [3.8, 4) is 11.1 Å². The maximum absolute atomic E-state index is 12.4. The molecular formula is C38H40N2O7S. The van der Waals surface area contributed by atoms with Crippen molar-refractivity contribution < 1.29 is 33.7 Å². The summed E-state index contributed by atoms with van der Waals surface area (Å²) in [6.07, 6.45) is -1.12. The van der Waals surface area contributed by atoms with Crippen molar-refractivity contribution in [1.29, 1.82) is 0 Å². The van der Waals surface area contributed by atoms with Crippen molar-refractivity contribution in [2.45, 2.75) is 69.8 Å². The van der Waals surface area contributed by atoms with Crippen molar-refractivity contribution in [3.05, 3.63) is 119 Å². The van der Waals surface area contributed by atoms with Crippen molar-refractivity contribution in [2.24, 2.45) is 0 Å². The van der Waals surface area contributed by atoms with Gasteiger partial charge in [0.05, 0.1) is 18.8 Å². The van der Waals surface area contributed by atoms with E-state index < -0.39 is 18.4 Å². The molecule has 1 heterocycles. The molecule has 1 aliphatic heterocycles. The molecule has 3 N–H and O–H groups in total. The van der Waals surface area contributed by atoms with Crippen LogP contribution < -0.4 is 10.6 Å². The van der Waals surface area contributed by atoms with Crippen LogP contribution in [-0.4, -0.2) is 40.9 Å². The number of carbonyl (C=O) groups is 3. The Morgan fingerprint density at radius 2 is 1.58 bits per heavy atom. The molecule has 4 aromatic carbocycles. The molecular weight excluding hydrogens is 628 g/mol. The average Bonchev–Trinajstić information content (AvgIpc) is 3.10. The van der Waals surface area contributed by atoms with Crippen LogP contribution in [0.25, 0.3) is 11.1 Å². The van der Waals surface area contributed by atoms with E-state index in [1.807, 2.05) is 97.1 Å². The lowest BCUT2D eigenvalue weighted by molar-refractivity contribution is -0.245. The lowest BCUT2D eigenvalue weighted by Gasteiger charge is -2.36. The van der Waals surface area contributed by atoms with Crippen LogP contribution in [0.5, 0.6) is 0 Å². The second-order valence-electron chi connectivity index (χ2n) is 11.6. The predicted octanol–water partition coefficient (Wildman–Crippen LogP) is 6.71. The maximum atomic E-state index is 12.4. The summed E-state index contributed by atoms with van der Waals surface area (Å²) in [4.78, 5) is 36.1. The fourth-order valence-electron chi connectivity index (χ4n) is 5.45. The minimum Gasteiger partial charge on any atom is -0.453 e. The highest BCUT2D eigenvalue weighted by Crippen LogP contribution is 2.40. The molecule has 4 unspecified atom stereocenters. The quantitative estimate of drug-likeness (QED) is 0.113. The number of aliphatic hydroxyl groups excluding tert-OH is 1. The van der Waals surface area contributed by atoms with E-state index in [9.17, 15) is 19.5 Å². The van der Waals surface area contributed by atoms with E-state index in [4.69, 9.17) is 14.2 Å². The van der Waals surface area contributed by atoms with E-state index in [2.05, 4.69) is 10.6 Å². The fraction of sp³-hybridized carbons (Fsp3) is 0.289. The van der Waals surface area contributed by atoms with Gasteiger partial charge in [0.2, 0.25) is 5.91 Å². The van der Waals surface area contributed by atoms with Gasteiger partial charge in [0, 0.05) is 48.7 Å². The topological polar surface area (TPSA) is 123 Å². The molecule has 250 valence electrons. The zero-order chi connectivity index (χ0) is 34.0. The van der Waals surface area contributed by atoms with Crippen LogP contribution in [0, 0.1) is 0 Å². The van der Waals surface area contributed by atoms with Crippen LogP contribution in [-0.2, 0) is 41.7 Å². The number of hydrogen-bond acceptors (Lipinski definition) is 8. The number of amides is 2. The largest absolute Gasteiger partial charge is 0.453 e. The molecule has 1 saturated heterocycles. The van der Waals surface area contributed by atoms with Gasteiger partial charge in [-0.3, -0.25) is 14.4 Å². The smallest absolute Gasteiger partial charge is 0.303 e. The lowest BCUT2D eigenvalue weighted by atomic mass is 9.97. The summed E-state index contributed by atoms with van der Waals surface area (Å²) >= 11 is 1.69. The number of aliphatic hydroxyl groups is 1. The van der Waals surface area contributed by atoms with Crippen LogP contribution in [0.15, 0.2) is 102 Å². The number of hydrogen-bond donors (Lipinski definition) is 3. The Morgan fingerprint density at radius 3 is 2.25 bits per heavy atom. The molecule has 0 bridgehead atoms. The summed E-state index contributed by atoms with van der Waals surface area (Å²) in [5.41, 5.74) is 6.36. The van der Waals surface area contributed by atoms with Crippen molar-refractivity contribution in [1.82, 2.24) is 5.32 Å². The normalized spacial score (nSPS) is 18.0. The number of esters is 1. The van der Waals surface area contributed by atoms with Crippen molar-refractivity contribution in [3.63, 3.8) is 0 Å². The number of benzene rings is 4. The molecule has 0 aromatic heterocycles. The van der Waals surface area contributed by atoms with Crippen LogP contribution in [0.3, 0.4) is 0 Å². The zero-order valence-electron chi connectivity index (χ0n) is 27.2. The first-order chi connectivity index (χ1) is 23.2. The number of thioether (sulfide) groups is 1. The van der Waals surface area contributed by atoms with E-state index in [1.54, 1.807) is 18.7 Å². The van der Waals surface area contributed by atoms with Gasteiger partial charge in [-0.05, 0) is 59.0 Å². The molecule has 5 rings (SSSR count). The molecule has 9 nitrogen and oxygen atoms in total. The number of nitrogens with one attached hydrogen (secondary N) is 2. The van der Waals surface area contributed by atoms with Gasteiger partial charge in [0.25, 0.3) is 5.91 Å². The average molecular weight is 669 g/mol. The van der Waals surface area contributed by atoms with E-state index in [1.165, 1.54) is 13.8 Å².